The Labute approximate surface area is 116 Å². The topological polar surface area (TPSA) is 84.1 Å². The summed E-state index contributed by atoms with van der Waals surface area (Å²) in [7, 11) is 0. The maximum atomic E-state index is 11.1. The van der Waals surface area contributed by atoms with Gasteiger partial charge in [0.2, 0.25) is 0 Å². The lowest BCUT2D eigenvalue weighted by Gasteiger charge is -2.34. The van der Waals surface area contributed by atoms with Gasteiger partial charge in [0.15, 0.2) is 0 Å². The van der Waals surface area contributed by atoms with E-state index in [9.17, 15) is 4.79 Å². The molecule has 0 bridgehead atoms. The van der Waals surface area contributed by atoms with Crippen molar-refractivity contribution >= 4 is 11.9 Å². The predicted octanol–water partition coefficient (Wildman–Crippen LogP) is 1.35. The van der Waals surface area contributed by atoms with Gasteiger partial charge in [0.1, 0.15) is 6.54 Å². The second-order valence-corrected chi connectivity index (χ2v) is 5.38. The molecule has 7 nitrogen and oxygen atoms in total. The molecular formula is C13H17N5O2. The summed E-state index contributed by atoms with van der Waals surface area (Å²) in [5, 5.41) is 20.7. The Morgan fingerprint density at radius 3 is 2.50 bits per heavy atom. The fraction of sp³-hybridized carbons (Fsp3) is 0.385. The molecule has 1 aromatic carbocycles. The van der Waals surface area contributed by atoms with E-state index >= 15 is 0 Å². The minimum Gasteiger partial charge on any atom is -0.480 e. The van der Waals surface area contributed by atoms with E-state index in [2.05, 4.69) is 15.5 Å². The van der Waals surface area contributed by atoms with Gasteiger partial charge in [-0.2, -0.15) is 4.68 Å². The predicted molar refractivity (Wildman–Crippen MR) is 73.9 cm³/mol. The molecule has 0 saturated carbocycles. The van der Waals surface area contributed by atoms with Crippen LogP contribution in [0.2, 0.25) is 0 Å². The highest BCUT2D eigenvalue weighted by molar-refractivity contribution is 5.73. The van der Waals surface area contributed by atoms with Gasteiger partial charge in [-0.1, -0.05) is 23.3 Å². The smallest absolute Gasteiger partial charge is 0.323 e. The normalized spacial score (nSPS) is 11.3. The van der Waals surface area contributed by atoms with Crippen LogP contribution in [0, 0.1) is 0 Å². The van der Waals surface area contributed by atoms with Gasteiger partial charge >= 0.3 is 5.97 Å². The highest BCUT2D eigenvalue weighted by Gasteiger charge is 2.28. The number of para-hydroxylation sites is 1. The van der Waals surface area contributed by atoms with Crippen molar-refractivity contribution in [2.45, 2.75) is 26.3 Å². The fourth-order valence-corrected chi connectivity index (χ4v) is 1.83. The lowest BCUT2D eigenvalue weighted by Crippen LogP contribution is -2.46. The van der Waals surface area contributed by atoms with Gasteiger partial charge in [-0.15, -0.1) is 0 Å². The molecule has 0 aliphatic rings. The lowest BCUT2D eigenvalue weighted by molar-refractivity contribution is -0.135. The summed E-state index contributed by atoms with van der Waals surface area (Å²) in [6.45, 7) is 5.58. The first-order valence-corrected chi connectivity index (χ1v) is 6.23. The van der Waals surface area contributed by atoms with Crippen molar-refractivity contribution < 1.29 is 9.90 Å². The van der Waals surface area contributed by atoms with Crippen LogP contribution >= 0.6 is 0 Å². The van der Waals surface area contributed by atoms with Crippen molar-refractivity contribution in [1.29, 1.82) is 0 Å². The van der Waals surface area contributed by atoms with Crippen LogP contribution in [-0.4, -0.2) is 43.4 Å². The van der Waals surface area contributed by atoms with Crippen LogP contribution in [0.3, 0.4) is 0 Å². The number of carboxylic acids is 1. The summed E-state index contributed by atoms with van der Waals surface area (Å²) in [6.07, 6.45) is 0. The molecule has 0 radical (unpaired) electrons. The van der Waals surface area contributed by atoms with E-state index in [1.165, 1.54) is 4.68 Å². The van der Waals surface area contributed by atoms with E-state index in [0.717, 1.165) is 5.69 Å². The molecule has 1 aromatic heterocycles. The molecule has 0 spiro atoms. The fourth-order valence-electron chi connectivity index (χ4n) is 1.83. The summed E-state index contributed by atoms with van der Waals surface area (Å²) < 4.78 is 1.54. The summed E-state index contributed by atoms with van der Waals surface area (Å²) >= 11 is 0. The highest BCUT2D eigenvalue weighted by Crippen LogP contribution is 2.22. The molecule has 0 aliphatic carbocycles. The first kappa shape index (κ1) is 14.0. The van der Waals surface area contributed by atoms with Crippen LogP contribution in [-0.2, 0) is 4.79 Å². The van der Waals surface area contributed by atoms with Crippen molar-refractivity contribution in [3.63, 3.8) is 0 Å². The van der Waals surface area contributed by atoms with Crippen molar-refractivity contribution in [3.8, 4) is 5.69 Å². The molecular weight excluding hydrogens is 258 g/mol. The van der Waals surface area contributed by atoms with Crippen LogP contribution in [0.5, 0.6) is 0 Å². The molecule has 0 fully saturated rings. The largest absolute Gasteiger partial charge is 0.480 e. The third-order valence-electron chi connectivity index (χ3n) is 2.80. The lowest BCUT2D eigenvalue weighted by atomic mass is 10.1. The minimum absolute atomic E-state index is 0.170. The number of aromatic nitrogens is 4. The van der Waals surface area contributed by atoms with Gasteiger partial charge in [0.25, 0.3) is 5.95 Å². The van der Waals surface area contributed by atoms with Crippen LogP contribution < -0.4 is 4.90 Å². The van der Waals surface area contributed by atoms with E-state index < -0.39 is 11.5 Å². The Kier molecular flexibility index (Phi) is 3.69. The van der Waals surface area contributed by atoms with Gasteiger partial charge in [0, 0.05) is 5.54 Å². The van der Waals surface area contributed by atoms with Crippen molar-refractivity contribution in [1.82, 2.24) is 20.2 Å². The molecule has 2 aromatic rings. The summed E-state index contributed by atoms with van der Waals surface area (Å²) in [6, 6.07) is 9.37. The van der Waals surface area contributed by atoms with E-state index in [1.54, 1.807) is 4.90 Å². The summed E-state index contributed by atoms with van der Waals surface area (Å²) in [5.74, 6) is -0.520. The molecule has 1 heterocycles. The number of carboxylic acid groups (broad SMARTS) is 1. The van der Waals surface area contributed by atoms with E-state index in [1.807, 2.05) is 51.1 Å². The van der Waals surface area contributed by atoms with Crippen molar-refractivity contribution in [3.05, 3.63) is 30.3 Å². The number of rotatable bonds is 4. The number of anilines is 1. The number of hydrogen-bond donors (Lipinski definition) is 1. The van der Waals surface area contributed by atoms with Gasteiger partial charge in [-0.05, 0) is 43.3 Å². The first-order valence-electron chi connectivity index (χ1n) is 6.23. The summed E-state index contributed by atoms with van der Waals surface area (Å²) in [4.78, 5) is 12.7. The van der Waals surface area contributed by atoms with E-state index in [0.29, 0.717) is 5.95 Å². The van der Waals surface area contributed by atoms with Crippen LogP contribution in [0.25, 0.3) is 5.69 Å². The third-order valence-corrected chi connectivity index (χ3v) is 2.80. The molecule has 0 atom stereocenters. The molecule has 0 unspecified atom stereocenters. The maximum Gasteiger partial charge on any atom is 0.323 e. The Balaban J connectivity index is 2.46. The second-order valence-electron chi connectivity index (χ2n) is 5.38. The Hall–Kier alpha value is -2.44. The zero-order valence-electron chi connectivity index (χ0n) is 11.7. The molecule has 0 saturated heterocycles. The van der Waals surface area contributed by atoms with Gasteiger partial charge < -0.3 is 10.0 Å². The van der Waals surface area contributed by atoms with Gasteiger partial charge in [-0.25, -0.2) is 0 Å². The average Bonchev–Trinajstić information content (AvgIpc) is 2.84. The number of hydrogen-bond acceptors (Lipinski definition) is 5. The maximum absolute atomic E-state index is 11.1. The van der Waals surface area contributed by atoms with E-state index in [-0.39, 0.29) is 6.54 Å². The highest BCUT2D eigenvalue weighted by atomic mass is 16.4. The van der Waals surface area contributed by atoms with Gasteiger partial charge in [0.05, 0.1) is 5.69 Å². The molecule has 1 N–H and O–H groups in total. The molecule has 106 valence electrons. The number of carbonyl (C=O) groups is 1. The molecule has 0 aliphatic heterocycles. The zero-order chi connectivity index (χ0) is 14.8. The Morgan fingerprint density at radius 2 is 1.95 bits per heavy atom. The molecule has 0 amide bonds. The SMILES string of the molecule is CC(C)(C)N(CC(=O)O)c1nnnn1-c1ccccc1. The molecule has 20 heavy (non-hydrogen) atoms. The van der Waals surface area contributed by atoms with Crippen molar-refractivity contribution in [2.24, 2.45) is 0 Å². The quantitative estimate of drug-likeness (QED) is 0.906. The molecule has 7 heteroatoms. The number of aliphatic carboxylic acids is 1. The Bertz CT molecular complexity index is 588. The zero-order valence-corrected chi connectivity index (χ0v) is 11.7. The monoisotopic (exact) mass is 275 g/mol. The van der Waals surface area contributed by atoms with Crippen LogP contribution in [0.4, 0.5) is 5.95 Å². The van der Waals surface area contributed by atoms with Crippen LogP contribution in [0.15, 0.2) is 30.3 Å². The second kappa shape index (κ2) is 5.28. The van der Waals surface area contributed by atoms with Crippen molar-refractivity contribution in [2.75, 3.05) is 11.4 Å². The summed E-state index contributed by atoms with van der Waals surface area (Å²) in [5.41, 5.74) is 0.367. The standard InChI is InChI=1S/C13H17N5O2/c1-13(2,3)17(9-11(19)20)12-14-15-16-18(12)10-7-5-4-6-8-10/h4-8H,9H2,1-3H3,(H,19,20). The number of benzene rings is 1. The number of nitrogens with zero attached hydrogens (tertiary/aromatic N) is 5. The van der Waals surface area contributed by atoms with Gasteiger partial charge in [-0.3, -0.25) is 4.79 Å². The number of tetrazole rings is 1. The minimum atomic E-state index is -0.928. The Morgan fingerprint density at radius 1 is 1.30 bits per heavy atom. The average molecular weight is 275 g/mol. The molecule has 2 rings (SSSR count). The van der Waals surface area contributed by atoms with E-state index in [4.69, 9.17) is 5.11 Å². The third kappa shape index (κ3) is 2.93. The first-order chi connectivity index (χ1) is 9.39. The van der Waals surface area contributed by atoms with Crippen LogP contribution in [0.1, 0.15) is 20.8 Å².